The van der Waals surface area contributed by atoms with Crippen molar-refractivity contribution in [2.45, 2.75) is 37.1 Å². The van der Waals surface area contributed by atoms with Crippen LogP contribution in [0.4, 0.5) is 0 Å². The van der Waals surface area contributed by atoms with E-state index in [9.17, 15) is 16.8 Å². The first kappa shape index (κ1) is 15.5. The maximum atomic E-state index is 12.3. The summed E-state index contributed by atoms with van der Waals surface area (Å²) in [6.07, 6.45) is 1.14. The Morgan fingerprint density at radius 1 is 1.25 bits per heavy atom. The van der Waals surface area contributed by atoms with E-state index >= 15 is 0 Å². The highest BCUT2D eigenvalue weighted by molar-refractivity contribution is 7.92. The summed E-state index contributed by atoms with van der Waals surface area (Å²) >= 11 is 0. The molecule has 1 aromatic rings. The van der Waals surface area contributed by atoms with E-state index < -0.39 is 25.4 Å². The zero-order chi connectivity index (χ0) is 15.0. The fourth-order valence-corrected chi connectivity index (χ4v) is 6.00. The molecule has 0 saturated carbocycles. The average molecular weight is 317 g/mol. The first-order valence-electron chi connectivity index (χ1n) is 6.49. The minimum absolute atomic E-state index is 0.0286. The Bertz CT molecular complexity index is 692. The molecule has 7 heteroatoms. The molecule has 20 heavy (non-hydrogen) atoms. The topological polar surface area (TPSA) is 80.3 Å². The molecular formula is C13H19NO4S2. The molecule has 1 saturated heterocycles. The lowest BCUT2D eigenvalue weighted by Crippen LogP contribution is -2.46. The first-order chi connectivity index (χ1) is 9.16. The number of benzene rings is 1. The van der Waals surface area contributed by atoms with E-state index in [0.717, 1.165) is 12.0 Å². The molecule has 5 nitrogen and oxygen atoms in total. The van der Waals surface area contributed by atoms with E-state index in [1.54, 1.807) is 31.2 Å². The van der Waals surface area contributed by atoms with Crippen LogP contribution in [0.25, 0.3) is 0 Å². The Morgan fingerprint density at radius 2 is 1.85 bits per heavy atom. The van der Waals surface area contributed by atoms with Gasteiger partial charge < -0.3 is 0 Å². The minimum atomic E-state index is -3.69. The maximum absolute atomic E-state index is 12.3. The van der Waals surface area contributed by atoms with E-state index in [-0.39, 0.29) is 16.4 Å². The van der Waals surface area contributed by atoms with Crippen LogP contribution in [-0.4, -0.2) is 33.9 Å². The van der Waals surface area contributed by atoms with Crippen LogP contribution in [0.3, 0.4) is 0 Å². The summed E-state index contributed by atoms with van der Waals surface area (Å²) in [5, 5.41) is 0. The van der Waals surface area contributed by atoms with Crippen molar-refractivity contribution in [3.8, 4) is 0 Å². The van der Waals surface area contributed by atoms with Gasteiger partial charge in [-0.05, 0) is 37.5 Å². The molecular weight excluding hydrogens is 298 g/mol. The van der Waals surface area contributed by atoms with Gasteiger partial charge in [0.15, 0.2) is 9.84 Å². The van der Waals surface area contributed by atoms with Crippen molar-refractivity contribution in [3.05, 3.63) is 29.8 Å². The molecule has 1 atom stereocenters. The van der Waals surface area contributed by atoms with E-state index in [2.05, 4.69) is 4.72 Å². The van der Waals surface area contributed by atoms with E-state index in [0.29, 0.717) is 6.42 Å². The smallest absolute Gasteiger partial charge is 0.229 e. The molecule has 0 radical (unpaired) electrons. The monoisotopic (exact) mass is 317 g/mol. The summed E-state index contributed by atoms with van der Waals surface area (Å²) in [6, 6.07) is 6.63. The lowest BCUT2D eigenvalue weighted by atomic mass is 10.0. The Hall–Kier alpha value is -0.920. The summed E-state index contributed by atoms with van der Waals surface area (Å²) in [4.78, 5) is 0.167. The summed E-state index contributed by atoms with van der Waals surface area (Å²) < 4.78 is 50.2. The molecule has 0 bridgehead atoms. The van der Waals surface area contributed by atoms with Gasteiger partial charge in [0.25, 0.3) is 0 Å². The van der Waals surface area contributed by atoms with Crippen LogP contribution >= 0.6 is 0 Å². The molecule has 1 N–H and O–H groups in total. The van der Waals surface area contributed by atoms with Crippen molar-refractivity contribution in [1.82, 2.24) is 4.72 Å². The molecule has 1 aliphatic rings. The maximum Gasteiger partial charge on any atom is 0.241 e. The van der Waals surface area contributed by atoms with Gasteiger partial charge in [-0.3, -0.25) is 0 Å². The normalized spacial score (nSPS) is 25.7. The van der Waals surface area contributed by atoms with Crippen molar-refractivity contribution < 1.29 is 16.8 Å². The lowest BCUT2D eigenvalue weighted by Gasteiger charge is -2.23. The van der Waals surface area contributed by atoms with Crippen LogP contribution in [0.2, 0.25) is 0 Å². The van der Waals surface area contributed by atoms with Crippen LogP contribution < -0.4 is 4.72 Å². The fraction of sp³-hybridized carbons (Fsp3) is 0.538. The Balaban J connectivity index is 2.23. The summed E-state index contributed by atoms with van der Waals surface area (Å²) in [7, 11) is -6.84. The molecule has 1 fully saturated rings. The molecule has 1 aliphatic heterocycles. The fourth-order valence-electron chi connectivity index (χ4n) is 2.38. The summed E-state index contributed by atoms with van der Waals surface area (Å²) in [5.41, 5.74) is 0.139. The number of sulfone groups is 1. The van der Waals surface area contributed by atoms with E-state index in [1.165, 1.54) is 0 Å². The summed E-state index contributed by atoms with van der Waals surface area (Å²) in [5.74, 6) is -0.118. The van der Waals surface area contributed by atoms with Crippen molar-refractivity contribution in [2.75, 3.05) is 11.5 Å². The third-order valence-electron chi connectivity index (χ3n) is 3.53. The van der Waals surface area contributed by atoms with Gasteiger partial charge in [0.1, 0.15) is 0 Å². The molecule has 0 amide bonds. The van der Waals surface area contributed by atoms with E-state index in [1.807, 2.05) is 6.92 Å². The van der Waals surface area contributed by atoms with Crippen molar-refractivity contribution in [2.24, 2.45) is 0 Å². The second-order valence-corrected chi connectivity index (χ2v) is 9.37. The van der Waals surface area contributed by atoms with Crippen molar-refractivity contribution in [3.63, 3.8) is 0 Å². The zero-order valence-corrected chi connectivity index (χ0v) is 13.2. The quantitative estimate of drug-likeness (QED) is 0.902. The third-order valence-corrected chi connectivity index (χ3v) is 7.08. The molecule has 112 valence electrons. The minimum Gasteiger partial charge on any atom is -0.229 e. The predicted molar refractivity (Wildman–Crippen MR) is 77.8 cm³/mol. The van der Waals surface area contributed by atoms with Gasteiger partial charge in [0.2, 0.25) is 10.0 Å². The van der Waals surface area contributed by atoms with Crippen LogP contribution in [0.15, 0.2) is 29.2 Å². The lowest BCUT2D eigenvalue weighted by molar-refractivity contribution is 0.462. The first-order valence-corrected chi connectivity index (χ1v) is 9.80. The molecule has 0 unspecified atom stereocenters. The van der Waals surface area contributed by atoms with Gasteiger partial charge >= 0.3 is 0 Å². The van der Waals surface area contributed by atoms with Gasteiger partial charge in [-0.25, -0.2) is 21.6 Å². The number of hydrogen-bond donors (Lipinski definition) is 1. The van der Waals surface area contributed by atoms with Crippen LogP contribution in [0.5, 0.6) is 0 Å². The van der Waals surface area contributed by atoms with Gasteiger partial charge in [0.05, 0.1) is 16.4 Å². The molecule has 2 rings (SSSR count). The molecule has 0 aromatic heterocycles. The van der Waals surface area contributed by atoms with Crippen LogP contribution in [0.1, 0.15) is 25.8 Å². The predicted octanol–water partition coefficient (Wildman–Crippen LogP) is 1.10. The van der Waals surface area contributed by atoms with Crippen molar-refractivity contribution >= 4 is 19.9 Å². The highest BCUT2D eigenvalue weighted by Gasteiger charge is 2.41. The zero-order valence-electron chi connectivity index (χ0n) is 11.6. The molecule has 0 aliphatic carbocycles. The van der Waals surface area contributed by atoms with Crippen molar-refractivity contribution in [1.29, 1.82) is 0 Å². The van der Waals surface area contributed by atoms with Crippen LogP contribution in [-0.2, 0) is 26.3 Å². The molecule has 1 heterocycles. The SMILES string of the molecule is CCc1ccc(S(=O)(=O)N[C@]2(C)CCS(=O)(=O)C2)cc1. The van der Waals surface area contributed by atoms with Gasteiger partial charge in [-0.1, -0.05) is 19.1 Å². The Morgan fingerprint density at radius 3 is 2.30 bits per heavy atom. The molecule has 0 spiro atoms. The highest BCUT2D eigenvalue weighted by atomic mass is 32.2. The van der Waals surface area contributed by atoms with Gasteiger partial charge in [-0.2, -0.15) is 0 Å². The Labute approximate surface area is 120 Å². The average Bonchev–Trinajstić information content (AvgIpc) is 2.62. The highest BCUT2D eigenvalue weighted by Crippen LogP contribution is 2.25. The second kappa shape index (κ2) is 5.13. The summed E-state index contributed by atoms with van der Waals surface area (Å²) in [6.45, 7) is 3.63. The number of rotatable bonds is 4. The van der Waals surface area contributed by atoms with E-state index in [4.69, 9.17) is 0 Å². The second-order valence-electron chi connectivity index (χ2n) is 5.51. The van der Waals surface area contributed by atoms with Gasteiger partial charge in [0, 0.05) is 5.54 Å². The van der Waals surface area contributed by atoms with Gasteiger partial charge in [-0.15, -0.1) is 0 Å². The number of sulfonamides is 1. The van der Waals surface area contributed by atoms with Crippen LogP contribution in [0, 0.1) is 0 Å². The number of nitrogens with one attached hydrogen (secondary N) is 1. The third kappa shape index (κ3) is 3.39. The Kier molecular flexibility index (Phi) is 3.96. The molecule has 1 aromatic carbocycles. The number of aryl methyl sites for hydroxylation is 1. The largest absolute Gasteiger partial charge is 0.241 e. The standard InChI is InChI=1S/C13H19NO4S2/c1-3-11-4-6-12(7-5-11)20(17,18)14-13(2)8-9-19(15,16)10-13/h4-7,14H,3,8-10H2,1-2H3/t13-/m1/s1. The number of hydrogen-bond acceptors (Lipinski definition) is 4.